The van der Waals surface area contributed by atoms with E-state index in [9.17, 15) is 22.4 Å². The van der Waals surface area contributed by atoms with Crippen molar-refractivity contribution < 1.29 is 22.4 Å². The summed E-state index contributed by atoms with van der Waals surface area (Å²) in [7, 11) is -2.74. The van der Waals surface area contributed by atoms with Crippen LogP contribution in [0.1, 0.15) is 22.3 Å². The molecule has 7 nitrogen and oxygen atoms in total. The Morgan fingerprint density at radius 1 is 0.833 bits per heavy atom. The number of nitrogens with zero attached hydrogens (tertiary/aromatic N) is 2. The number of anilines is 1. The monoisotopic (exact) mass is 587 g/mol. The molecule has 1 atom stereocenters. The van der Waals surface area contributed by atoms with E-state index in [1.54, 1.807) is 12.1 Å². The van der Waals surface area contributed by atoms with Crippen LogP contribution in [0.5, 0.6) is 0 Å². The van der Waals surface area contributed by atoms with Crippen LogP contribution in [0.25, 0.3) is 0 Å². The Bertz CT molecular complexity index is 1630. The van der Waals surface area contributed by atoms with Crippen molar-refractivity contribution in [2.75, 3.05) is 17.9 Å². The predicted octanol–water partition coefficient (Wildman–Crippen LogP) is 5.02. The molecule has 0 saturated carbocycles. The summed E-state index contributed by atoms with van der Waals surface area (Å²) in [6.07, 6.45) is 0.222. The third kappa shape index (κ3) is 7.22. The summed E-state index contributed by atoms with van der Waals surface area (Å²) in [4.78, 5) is 29.0. The second kappa shape index (κ2) is 13.4. The predicted molar refractivity (Wildman–Crippen MR) is 162 cm³/mol. The standard InChI is InChI=1S/C33H34FN3O4S/c1-24-13-19-30(20-14-24)42(40,41)37(29-17-15-28(34)16-18-29)23-32(38)36(22-27-12-8-7-9-25(27)2)31(33(39)35-3)21-26-10-5-4-6-11-26/h4-20,31H,21-23H2,1-3H3,(H,35,39). The van der Waals surface area contributed by atoms with Crippen molar-refractivity contribution in [2.24, 2.45) is 0 Å². The molecule has 4 aromatic carbocycles. The van der Waals surface area contributed by atoms with Gasteiger partial charge in [0.05, 0.1) is 10.6 Å². The number of halogens is 1. The van der Waals surface area contributed by atoms with Gasteiger partial charge in [-0.05, 0) is 66.9 Å². The van der Waals surface area contributed by atoms with Crippen molar-refractivity contribution in [3.63, 3.8) is 0 Å². The number of likely N-dealkylation sites (N-methyl/N-ethyl adjacent to an activating group) is 1. The Kier molecular flexibility index (Phi) is 9.75. The van der Waals surface area contributed by atoms with Gasteiger partial charge in [-0.1, -0.05) is 72.3 Å². The minimum Gasteiger partial charge on any atom is -0.357 e. The molecule has 0 aliphatic carbocycles. The van der Waals surface area contributed by atoms with Gasteiger partial charge < -0.3 is 10.2 Å². The lowest BCUT2D eigenvalue weighted by Gasteiger charge is -2.34. The first-order valence-corrected chi connectivity index (χ1v) is 15.0. The zero-order valence-electron chi connectivity index (χ0n) is 23.8. The third-order valence-corrected chi connectivity index (χ3v) is 8.91. The molecule has 0 aliphatic rings. The van der Waals surface area contributed by atoms with Gasteiger partial charge in [0.25, 0.3) is 10.0 Å². The van der Waals surface area contributed by atoms with Gasteiger partial charge in [0.1, 0.15) is 18.4 Å². The van der Waals surface area contributed by atoms with Crippen molar-refractivity contribution in [1.82, 2.24) is 10.2 Å². The molecule has 1 N–H and O–H groups in total. The second-order valence-corrected chi connectivity index (χ2v) is 11.9. The fourth-order valence-corrected chi connectivity index (χ4v) is 6.08. The number of aryl methyl sites for hydroxylation is 2. The normalized spacial score (nSPS) is 11.9. The molecule has 218 valence electrons. The number of nitrogens with one attached hydrogen (secondary N) is 1. The largest absolute Gasteiger partial charge is 0.357 e. The average molecular weight is 588 g/mol. The molecule has 9 heteroatoms. The first kappa shape index (κ1) is 30.5. The second-order valence-electron chi connectivity index (χ2n) is 10.1. The highest BCUT2D eigenvalue weighted by Gasteiger charge is 2.34. The van der Waals surface area contributed by atoms with Gasteiger partial charge in [-0.15, -0.1) is 0 Å². The van der Waals surface area contributed by atoms with E-state index in [0.29, 0.717) is 0 Å². The highest BCUT2D eigenvalue weighted by atomic mass is 32.2. The molecule has 0 radical (unpaired) electrons. The number of sulfonamides is 1. The minimum absolute atomic E-state index is 0.0113. The van der Waals surface area contributed by atoms with Gasteiger partial charge in [0.15, 0.2) is 0 Å². The number of carbonyl (C=O) groups is 2. The first-order valence-electron chi connectivity index (χ1n) is 13.5. The van der Waals surface area contributed by atoms with Gasteiger partial charge in [-0.3, -0.25) is 13.9 Å². The van der Waals surface area contributed by atoms with E-state index < -0.39 is 34.3 Å². The third-order valence-electron chi connectivity index (χ3n) is 7.12. The van der Waals surface area contributed by atoms with E-state index in [1.165, 1.54) is 36.2 Å². The van der Waals surface area contributed by atoms with Crippen molar-refractivity contribution in [3.8, 4) is 0 Å². The Morgan fingerprint density at radius 2 is 1.45 bits per heavy atom. The molecule has 0 bridgehead atoms. The van der Waals surface area contributed by atoms with Crippen molar-refractivity contribution >= 4 is 27.5 Å². The smallest absolute Gasteiger partial charge is 0.264 e. The number of benzene rings is 4. The lowest BCUT2D eigenvalue weighted by Crippen LogP contribution is -2.53. The molecule has 0 heterocycles. The SMILES string of the molecule is CNC(=O)C(Cc1ccccc1)N(Cc1ccccc1C)C(=O)CN(c1ccc(F)cc1)S(=O)(=O)c1ccc(C)cc1. The van der Waals surface area contributed by atoms with Gasteiger partial charge in [0.2, 0.25) is 11.8 Å². The number of hydrogen-bond acceptors (Lipinski definition) is 4. The van der Waals surface area contributed by atoms with Crippen LogP contribution in [0.4, 0.5) is 10.1 Å². The highest BCUT2D eigenvalue weighted by molar-refractivity contribution is 7.92. The molecule has 0 aliphatic heterocycles. The number of rotatable bonds is 11. The summed E-state index contributed by atoms with van der Waals surface area (Å²) < 4.78 is 42.7. The van der Waals surface area contributed by atoms with Gasteiger partial charge in [-0.2, -0.15) is 0 Å². The van der Waals surface area contributed by atoms with E-state index in [1.807, 2.05) is 68.4 Å². The van der Waals surface area contributed by atoms with Crippen molar-refractivity contribution in [3.05, 3.63) is 131 Å². The maximum Gasteiger partial charge on any atom is 0.264 e. The van der Waals surface area contributed by atoms with Crippen LogP contribution >= 0.6 is 0 Å². The summed E-state index contributed by atoms with van der Waals surface area (Å²) in [5.74, 6) is -1.50. The Morgan fingerprint density at radius 3 is 2.07 bits per heavy atom. The van der Waals surface area contributed by atoms with E-state index in [0.717, 1.165) is 38.7 Å². The molecular weight excluding hydrogens is 553 g/mol. The first-order chi connectivity index (χ1) is 20.1. The molecular formula is C33H34FN3O4S. The Balaban J connectivity index is 1.79. The van der Waals surface area contributed by atoms with Crippen LogP contribution in [0.2, 0.25) is 0 Å². The van der Waals surface area contributed by atoms with Crippen LogP contribution < -0.4 is 9.62 Å². The Hall–Kier alpha value is -4.50. The number of amides is 2. The fraction of sp³-hybridized carbons (Fsp3) is 0.212. The Labute approximate surface area is 246 Å². The zero-order valence-corrected chi connectivity index (χ0v) is 24.6. The van der Waals surface area contributed by atoms with Crippen LogP contribution in [-0.4, -0.2) is 44.8 Å². The maximum absolute atomic E-state index is 14.3. The average Bonchev–Trinajstić information content (AvgIpc) is 2.99. The van der Waals surface area contributed by atoms with Crippen LogP contribution in [-0.2, 0) is 32.6 Å². The zero-order chi connectivity index (χ0) is 30.3. The van der Waals surface area contributed by atoms with Crippen LogP contribution in [0.3, 0.4) is 0 Å². The summed E-state index contributed by atoms with van der Waals surface area (Å²) >= 11 is 0. The van der Waals surface area contributed by atoms with E-state index >= 15 is 0 Å². The van der Waals surface area contributed by atoms with Crippen molar-refractivity contribution in [2.45, 2.75) is 37.8 Å². The van der Waals surface area contributed by atoms with Gasteiger partial charge in [-0.25, -0.2) is 12.8 Å². The molecule has 0 saturated heterocycles. The van der Waals surface area contributed by atoms with Crippen LogP contribution in [0.15, 0.2) is 108 Å². The molecule has 0 spiro atoms. The molecule has 4 aromatic rings. The van der Waals surface area contributed by atoms with E-state index in [2.05, 4.69) is 5.32 Å². The summed E-state index contributed by atoms with van der Waals surface area (Å²) in [5.41, 5.74) is 3.59. The molecule has 0 fully saturated rings. The molecule has 4 rings (SSSR count). The number of hydrogen-bond donors (Lipinski definition) is 1. The molecule has 1 unspecified atom stereocenters. The van der Waals surface area contributed by atoms with Crippen molar-refractivity contribution in [1.29, 1.82) is 0 Å². The molecule has 2 amide bonds. The lowest BCUT2D eigenvalue weighted by atomic mass is 10.0. The van der Waals surface area contributed by atoms with E-state index in [-0.39, 0.29) is 29.5 Å². The van der Waals surface area contributed by atoms with Gasteiger partial charge >= 0.3 is 0 Å². The molecule has 0 aromatic heterocycles. The fourth-order valence-electron chi connectivity index (χ4n) is 4.67. The summed E-state index contributed by atoms with van der Waals surface area (Å²) in [6.45, 7) is 3.23. The lowest BCUT2D eigenvalue weighted by molar-refractivity contribution is -0.139. The molecule has 42 heavy (non-hydrogen) atoms. The minimum atomic E-state index is -4.24. The van der Waals surface area contributed by atoms with Gasteiger partial charge in [0, 0.05) is 20.0 Å². The quantitative estimate of drug-likeness (QED) is 0.267. The topological polar surface area (TPSA) is 86.8 Å². The number of carbonyl (C=O) groups excluding carboxylic acids is 2. The van der Waals surface area contributed by atoms with E-state index in [4.69, 9.17) is 0 Å². The summed E-state index contributed by atoms with van der Waals surface area (Å²) in [5, 5.41) is 2.67. The highest BCUT2D eigenvalue weighted by Crippen LogP contribution is 2.26. The summed E-state index contributed by atoms with van der Waals surface area (Å²) in [6, 6.07) is 27.1. The van der Waals surface area contributed by atoms with Crippen LogP contribution in [0, 0.1) is 19.7 Å². The maximum atomic E-state index is 14.3.